The summed E-state index contributed by atoms with van der Waals surface area (Å²) in [6, 6.07) is 0. The monoisotopic (exact) mass is 162 g/mol. The summed E-state index contributed by atoms with van der Waals surface area (Å²) in [6.45, 7) is 4.13. The first-order chi connectivity index (χ1) is 4.61. The molecule has 0 aromatic rings. The zero-order valence-electron chi connectivity index (χ0n) is 6.41. The first kappa shape index (κ1) is 8.37. The molecule has 10 heavy (non-hydrogen) atoms. The van der Waals surface area contributed by atoms with Crippen LogP contribution in [0.25, 0.3) is 0 Å². The molecule has 0 saturated carbocycles. The highest BCUT2D eigenvalue weighted by atomic mass is 32.2. The van der Waals surface area contributed by atoms with Crippen molar-refractivity contribution < 1.29 is 9.66 Å². The highest BCUT2D eigenvalue weighted by molar-refractivity contribution is 7.91. The van der Waals surface area contributed by atoms with Crippen LogP contribution >= 0.6 is 0 Å². The average molecular weight is 162 g/mol. The first-order valence-corrected chi connectivity index (χ1v) is 5.13. The summed E-state index contributed by atoms with van der Waals surface area (Å²) in [5.74, 6) is 1.91. The Morgan fingerprint density at radius 1 is 1.50 bits per heavy atom. The van der Waals surface area contributed by atoms with Gasteiger partial charge in [-0.1, -0.05) is 25.0 Å². The van der Waals surface area contributed by atoms with E-state index in [0.29, 0.717) is 17.4 Å². The van der Waals surface area contributed by atoms with Crippen molar-refractivity contribution in [3.05, 3.63) is 0 Å². The van der Waals surface area contributed by atoms with E-state index in [2.05, 4.69) is 13.8 Å². The van der Waals surface area contributed by atoms with Gasteiger partial charge in [0.15, 0.2) is 0 Å². The van der Waals surface area contributed by atoms with Gasteiger partial charge in [-0.3, -0.25) is 0 Å². The molecule has 1 unspecified atom stereocenters. The second-order valence-electron chi connectivity index (χ2n) is 3.25. The summed E-state index contributed by atoms with van der Waals surface area (Å²) in [5.41, 5.74) is 0. The van der Waals surface area contributed by atoms with Gasteiger partial charge in [-0.25, -0.2) is 0 Å². The summed E-state index contributed by atoms with van der Waals surface area (Å²) in [4.78, 5) is 0. The van der Waals surface area contributed by atoms with Crippen LogP contribution in [0.2, 0.25) is 0 Å². The number of rotatable bonds is 1. The SMILES string of the molecule is CC(C)[C@@H]1C[S+]([O-])C[C@H]1O. The fraction of sp³-hybridized carbons (Fsp3) is 1.00. The van der Waals surface area contributed by atoms with Gasteiger partial charge < -0.3 is 9.66 Å². The Morgan fingerprint density at radius 2 is 2.10 bits per heavy atom. The maximum absolute atomic E-state index is 10.9. The Kier molecular flexibility index (Phi) is 2.61. The van der Waals surface area contributed by atoms with Crippen LogP contribution in [0, 0.1) is 11.8 Å². The number of aliphatic hydroxyl groups is 1. The topological polar surface area (TPSA) is 43.3 Å². The largest absolute Gasteiger partial charge is 0.616 e. The van der Waals surface area contributed by atoms with Gasteiger partial charge in [-0.05, 0) is 5.92 Å². The third kappa shape index (κ3) is 1.65. The van der Waals surface area contributed by atoms with E-state index in [4.69, 9.17) is 0 Å². The van der Waals surface area contributed by atoms with Gasteiger partial charge in [0.05, 0.1) is 0 Å². The summed E-state index contributed by atoms with van der Waals surface area (Å²) in [7, 11) is 0. The van der Waals surface area contributed by atoms with Gasteiger partial charge in [0, 0.05) is 5.92 Å². The molecule has 1 heterocycles. The first-order valence-electron chi connectivity index (χ1n) is 3.64. The zero-order valence-corrected chi connectivity index (χ0v) is 7.23. The number of hydrogen-bond acceptors (Lipinski definition) is 2. The van der Waals surface area contributed by atoms with Gasteiger partial charge in [0.2, 0.25) is 0 Å². The minimum absolute atomic E-state index is 0.265. The summed E-state index contributed by atoms with van der Waals surface area (Å²) in [5, 5.41) is 9.34. The molecule has 0 amide bonds. The predicted molar refractivity (Wildman–Crippen MR) is 42.2 cm³/mol. The van der Waals surface area contributed by atoms with Crippen LogP contribution in [-0.2, 0) is 11.2 Å². The lowest BCUT2D eigenvalue weighted by atomic mass is 9.93. The van der Waals surface area contributed by atoms with Gasteiger partial charge in [-0.15, -0.1) is 0 Å². The van der Waals surface area contributed by atoms with Crippen LogP contribution in [0.4, 0.5) is 0 Å². The third-order valence-corrected chi connectivity index (χ3v) is 3.56. The molecule has 60 valence electrons. The Bertz CT molecular complexity index is 116. The van der Waals surface area contributed by atoms with Crippen molar-refractivity contribution in [3.63, 3.8) is 0 Å². The van der Waals surface area contributed by atoms with Crippen LogP contribution in [0.5, 0.6) is 0 Å². The van der Waals surface area contributed by atoms with Crippen LogP contribution in [-0.4, -0.2) is 27.3 Å². The minimum atomic E-state index is -0.754. The smallest absolute Gasteiger partial charge is 0.131 e. The quantitative estimate of drug-likeness (QED) is 0.566. The molecule has 0 spiro atoms. The van der Waals surface area contributed by atoms with E-state index >= 15 is 0 Å². The van der Waals surface area contributed by atoms with E-state index in [9.17, 15) is 9.66 Å². The fourth-order valence-electron chi connectivity index (χ4n) is 1.34. The summed E-state index contributed by atoms with van der Waals surface area (Å²) >= 11 is -0.754. The molecular weight excluding hydrogens is 148 g/mol. The van der Waals surface area contributed by atoms with Crippen LogP contribution < -0.4 is 0 Å². The maximum atomic E-state index is 10.9. The van der Waals surface area contributed by atoms with Crippen molar-refractivity contribution in [1.82, 2.24) is 0 Å². The molecule has 3 atom stereocenters. The Hall–Kier alpha value is 0.270. The molecule has 0 aromatic carbocycles. The second kappa shape index (κ2) is 3.11. The molecule has 1 fully saturated rings. The third-order valence-electron chi connectivity index (χ3n) is 2.09. The van der Waals surface area contributed by atoms with Gasteiger partial charge in [0.25, 0.3) is 0 Å². The highest BCUT2D eigenvalue weighted by Crippen LogP contribution is 2.25. The zero-order chi connectivity index (χ0) is 7.72. The Balaban J connectivity index is 2.46. The van der Waals surface area contributed by atoms with Crippen LogP contribution in [0.1, 0.15) is 13.8 Å². The van der Waals surface area contributed by atoms with Gasteiger partial charge in [-0.2, -0.15) is 0 Å². The van der Waals surface area contributed by atoms with Crippen molar-refractivity contribution in [2.75, 3.05) is 11.5 Å². The van der Waals surface area contributed by atoms with Gasteiger partial charge in [0.1, 0.15) is 17.6 Å². The van der Waals surface area contributed by atoms with Crippen LogP contribution in [0.15, 0.2) is 0 Å². The van der Waals surface area contributed by atoms with Crippen molar-refractivity contribution in [3.8, 4) is 0 Å². The molecule has 0 aliphatic carbocycles. The summed E-state index contributed by atoms with van der Waals surface area (Å²) < 4.78 is 10.9. The van der Waals surface area contributed by atoms with E-state index in [0.717, 1.165) is 0 Å². The number of hydrogen-bond donors (Lipinski definition) is 1. The highest BCUT2D eigenvalue weighted by Gasteiger charge is 2.36. The molecule has 0 aromatic heterocycles. The summed E-state index contributed by atoms with van der Waals surface area (Å²) in [6.07, 6.45) is -0.319. The fourth-order valence-corrected chi connectivity index (χ4v) is 3.15. The normalized spacial score (nSPS) is 41.1. The molecule has 1 N–H and O–H groups in total. The molecule has 0 bridgehead atoms. The van der Waals surface area contributed by atoms with E-state index in [1.165, 1.54) is 0 Å². The van der Waals surface area contributed by atoms with Crippen molar-refractivity contribution in [2.24, 2.45) is 11.8 Å². The standard InChI is InChI=1S/C7H14O2S/c1-5(2)6-3-10(9)4-7(6)8/h5-8H,3-4H2,1-2H3/t6-,7+,10?/m0/s1. The second-order valence-corrected chi connectivity index (χ2v) is 4.79. The molecule has 1 saturated heterocycles. The molecule has 0 radical (unpaired) electrons. The van der Waals surface area contributed by atoms with Crippen molar-refractivity contribution in [2.45, 2.75) is 20.0 Å². The van der Waals surface area contributed by atoms with E-state index in [-0.39, 0.29) is 12.0 Å². The maximum Gasteiger partial charge on any atom is 0.131 e. The van der Waals surface area contributed by atoms with Crippen molar-refractivity contribution >= 4 is 11.2 Å². The average Bonchev–Trinajstić information content (AvgIpc) is 2.10. The van der Waals surface area contributed by atoms with E-state index in [1.54, 1.807) is 0 Å². The lowest BCUT2D eigenvalue weighted by molar-refractivity contribution is 0.124. The van der Waals surface area contributed by atoms with E-state index in [1.807, 2.05) is 0 Å². The van der Waals surface area contributed by atoms with Gasteiger partial charge >= 0.3 is 0 Å². The van der Waals surface area contributed by atoms with E-state index < -0.39 is 11.2 Å². The Morgan fingerprint density at radius 3 is 2.30 bits per heavy atom. The predicted octanol–water partition coefficient (Wildman–Crippen LogP) is 0.382. The molecular formula is C7H14O2S. The minimum Gasteiger partial charge on any atom is -0.616 e. The molecule has 1 aliphatic rings. The van der Waals surface area contributed by atoms with Crippen LogP contribution in [0.3, 0.4) is 0 Å². The molecule has 1 rings (SSSR count). The molecule has 1 aliphatic heterocycles. The Labute approximate surface area is 64.8 Å². The molecule has 3 heteroatoms. The number of aliphatic hydroxyl groups excluding tert-OH is 1. The lowest BCUT2D eigenvalue weighted by Gasteiger charge is -2.13. The lowest BCUT2D eigenvalue weighted by Crippen LogP contribution is -2.22. The molecule has 2 nitrogen and oxygen atoms in total. The van der Waals surface area contributed by atoms with Crippen molar-refractivity contribution in [1.29, 1.82) is 0 Å².